The summed E-state index contributed by atoms with van der Waals surface area (Å²) in [4.78, 5) is 20.0. The number of carbonyl (C=O) groups excluding carboxylic acids is 1. The van der Waals surface area contributed by atoms with Crippen LogP contribution in [-0.4, -0.2) is 48.7 Å². The third-order valence-electron chi connectivity index (χ3n) is 5.08. The van der Waals surface area contributed by atoms with Crippen LogP contribution in [0.2, 0.25) is 0 Å². The lowest BCUT2D eigenvalue weighted by molar-refractivity contribution is -0.133. The highest BCUT2D eigenvalue weighted by atomic mass is 32.2. The van der Waals surface area contributed by atoms with E-state index >= 15 is 0 Å². The molecule has 2 heterocycles. The minimum atomic E-state index is -0.664. The quantitative estimate of drug-likeness (QED) is 0.168. The van der Waals surface area contributed by atoms with Gasteiger partial charge in [0.05, 0.1) is 23.9 Å². The molecule has 0 aliphatic rings. The summed E-state index contributed by atoms with van der Waals surface area (Å²) in [6.07, 6.45) is 0.901. The summed E-state index contributed by atoms with van der Waals surface area (Å²) in [5.41, 5.74) is 3.59. The third-order valence-corrected chi connectivity index (χ3v) is 6.06. The number of rotatable bonds is 8. The van der Waals surface area contributed by atoms with Crippen LogP contribution in [0.15, 0.2) is 59.4 Å². The number of aromatic nitrogens is 5. The van der Waals surface area contributed by atoms with E-state index in [0.29, 0.717) is 10.7 Å². The molecule has 0 amide bonds. The molecule has 0 atom stereocenters. The molecule has 9 heteroatoms. The summed E-state index contributed by atoms with van der Waals surface area (Å²) in [5.74, 6) is 0.335. The van der Waals surface area contributed by atoms with Crippen molar-refractivity contribution in [3.63, 3.8) is 0 Å². The number of thioether (sulfide) groups is 1. The molecule has 0 saturated heterocycles. The first-order valence-electron chi connectivity index (χ1n) is 10.6. The van der Waals surface area contributed by atoms with E-state index in [1.54, 1.807) is 0 Å². The van der Waals surface area contributed by atoms with Crippen LogP contribution in [0.5, 0.6) is 0 Å². The number of methoxy groups -OCH3 is 1. The van der Waals surface area contributed by atoms with Crippen LogP contribution in [0.25, 0.3) is 28.0 Å². The number of aliphatic hydroxyl groups excluding tert-OH is 1. The van der Waals surface area contributed by atoms with Gasteiger partial charge < -0.3 is 19.4 Å². The molecule has 2 aromatic carbocycles. The average Bonchev–Trinajstić information content (AvgIpc) is 3.42. The highest BCUT2D eigenvalue weighted by Crippen LogP contribution is 2.28. The Hall–Kier alpha value is -3.59. The Morgan fingerprint density at radius 3 is 2.73 bits per heavy atom. The van der Waals surface area contributed by atoms with E-state index in [0.717, 1.165) is 35.4 Å². The van der Waals surface area contributed by atoms with E-state index in [9.17, 15) is 9.90 Å². The number of nitrogens with zero attached hydrogens (tertiary/aromatic N) is 4. The third kappa shape index (κ3) is 4.78. The predicted octanol–water partition coefficient (Wildman–Crippen LogP) is 4.77. The summed E-state index contributed by atoms with van der Waals surface area (Å²) in [6.45, 7) is 4.86. The summed E-state index contributed by atoms with van der Waals surface area (Å²) in [6, 6.07) is 15.5. The van der Waals surface area contributed by atoms with Crippen molar-refractivity contribution in [3.05, 3.63) is 65.7 Å². The lowest BCUT2D eigenvalue weighted by Gasteiger charge is -2.10. The number of para-hydroxylation sites is 2. The number of aromatic amines is 1. The number of hydrogen-bond donors (Lipinski definition) is 2. The number of aliphatic hydroxyl groups is 1. The summed E-state index contributed by atoms with van der Waals surface area (Å²) in [5, 5.41) is 20.3. The van der Waals surface area contributed by atoms with E-state index in [-0.39, 0.29) is 22.9 Å². The van der Waals surface area contributed by atoms with Gasteiger partial charge in [-0.25, -0.2) is 9.78 Å². The van der Waals surface area contributed by atoms with Crippen molar-refractivity contribution in [2.24, 2.45) is 0 Å². The zero-order valence-corrected chi connectivity index (χ0v) is 19.5. The second-order valence-electron chi connectivity index (χ2n) is 7.53. The van der Waals surface area contributed by atoms with Gasteiger partial charge in [-0.1, -0.05) is 54.6 Å². The SMILES string of the molecule is CCCn1c(SC/C(O)=C(\C(=O)OC)c2nc3ccccc3[nH]2)nnc1-c1cccc(C)c1. The van der Waals surface area contributed by atoms with Crippen molar-refractivity contribution >= 4 is 34.3 Å². The zero-order valence-electron chi connectivity index (χ0n) is 18.7. The molecule has 170 valence electrons. The van der Waals surface area contributed by atoms with Gasteiger partial charge >= 0.3 is 5.97 Å². The van der Waals surface area contributed by atoms with Gasteiger partial charge in [0, 0.05) is 12.1 Å². The van der Waals surface area contributed by atoms with Crippen LogP contribution in [0.4, 0.5) is 0 Å². The van der Waals surface area contributed by atoms with Crippen molar-refractivity contribution in [1.29, 1.82) is 0 Å². The molecular formula is C24H25N5O3S. The van der Waals surface area contributed by atoms with Crippen LogP contribution in [0.3, 0.4) is 0 Å². The van der Waals surface area contributed by atoms with Crippen LogP contribution >= 0.6 is 11.8 Å². The molecule has 0 spiro atoms. The number of fused-ring (bicyclic) bond motifs is 1. The fourth-order valence-electron chi connectivity index (χ4n) is 3.55. The Morgan fingerprint density at radius 1 is 1.18 bits per heavy atom. The number of H-pyrrole nitrogens is 1. The van der Waals surface area contributed by atoms with Gasteiger partial charge in [0.25, 0.3) is 0 Å². The van der Waals surface area contributed by atoms with E-state index < -0.39 is 5.97 Å². The van der Waals surface area contributed by atoms with E-state index in [2.05, 4.69) is 33.2 Å². The number of esters is 1. The lowest BCUT2D eigenvalue weighted by atomic mass is 10.1. The lowest BCUT2D eigenvalue weighted by Crippen LogP contribution is -2.10. The maximum absolute atomic E-state index is 12.5. The Kier molecular flexibility index (Phi) is 6.79. The van der Waals surface area contributed by atoms with Gasteiger partial charge in [-0.15, -0.1) is 10.2 Å². The molecule has 0 saturated carbocycles. The maximum atomic E-state index is 12.5. The minimum absolute atomic E-state index is 0.00154. The van der Waals surface area contributed by atoms with Crippen LogP contribution in [-0.2, 0) is 16.1 Å². The van der Waals surface area contributed by atoms with Crippen LogP contribution in [0, 0.1) is 6.92 Å². The first kappa shape index (κ1) is 22.6. The minimum Gasteiger partial charge on any atom is -0.510 e. The number of imidazole rings is 1. The molecule has 0 radical (unpaired) electrons. The number of hydrogen-bond acceptors (Lipinski definition) is 7. The van der Waals surface area contributed by atoms with Gasteiger partial charge in [-0.2, -0.15) is 0 Å². The largest absolute Gasteiger partial charge is 0.510 e. The fourth-order valence-corrected chi connectivity index (χ4v) is 4.39. The first-order valence-corrected chi connectivity index (χ1v) is 11.6. The van der Waals surface area contributed by atoms with Gasteiger partial charge in [0.15, 0.2) is 11.0 Å². The molecule has 0 unspecified atom stereocenters. The highest BCUT2D eigenvalue weighted by Gasteiger charge is 2.23. The second-order valence-corrected chi connectivity index (χ2v) is 8.47. The zero-order chi connectivity index (χ0) is 23.4. The standard InChI is InChI=1S/C24H25N5O3S/c1-4-12-29-22(16-9-7-8-15(2)13-16)27-28-24(29)33-14-19(30)20(23(31)32-3)21-25-17-10-5-6-11-18(17)26-21/h5-11,13,30H,4,12,14H2,1-3H3,(H,25,26)/b20-19+. The molecule has 0 bridgehead atoms. The Labute approximate surface area is 195 Å². The summed E-state index contributed by atoms with van der Waals surface area (Å²) < 4.78 is 6.95. The average molecular weight is 464 g/mol. The number of nitrogens with one attached hydrogen (secondary N) is 1. The van der Waals surface area contributed by atoms with Crippen LogP contribution < -0.4 is 0 Å². The molecule has 2 aromatic heterocycles. The Bertz CT molecular complexity index is 1290. The molecule has 4 aromatic rings. The van der Waals surface area contributed by atoms with Crippen molar-refractivity contribution in [2.75, 3.05) is 12.9 Å². The molecule has 4 rings (SSSR count). The normalized spacial score (nSPS) is 12.1. The molecule has 33 heavy (non-hydrogen) atoms. The molecule has 0 aliphatic carbocycles. The van der Waals surface area contributed by atoms with E-state index in [1.807, 2.05) is 54.0 Å². The van der Waals surface area contributed by atoms with E-state index in [1.165, 1.54) is 18.9 Å². The van der Waals surface area contributed by atoms with Crippen molar-refractivity contribution in [2.45, 2.75) is 32.0 Å². The first-order chi connectivity index (χ1) is 16.0. The second kappa shape index (κ2) is 9.91. The number of carbonyl (C=O) groups is 1. The van der Waals surface area contributed by atoms with Crippen molar-refractivity contribution in [3.8, 4) is 11.4 Å². The van der Waals surface area contributed by atoms with E-state index in [4.69, 9.17) is 4.74 Å². The monoisotopic (exact) mass is 463 g/mol. The molecule has 8 nitrogen and oxygen atoms in total. The van der Waals surface area contributed by atoms with Gasteiger partial charge in [0.2, 0.25) is 0 Å². The molecular weight excluding hydrogens is 438 g/mol. The van der Waals surface area contributed by atoms with Gasteiger partial charge in [-0.05, 0) is 31.5 Å². The number of ether oxygens (including phenoxy) is 1. The van der Waals surface area contributed by atoms with Crippen LogP contribution in [0.1, 0.15) is 24.7 Å². The number of aryl methyl sites for hydroxylation is 1. The maximum Gasteiger partial charge on any atom is 0.345 e. The van der Waals surface area contributed by atoms with Crippen molar-refractivity contribution < 1.29 is 14.6 Å². The van der Waals surface area contributed by atoms with Crippen molar-refractivity contribution in [1.82, 2.24) is 24.7 Å². The molecule has 2 N–H and O–H groups in total. The molecule has 0 fully saturated rings. The summed E-state index contributed by atoms with van der Waals surface area (Å²) in [7, 11) is 1.28. The number of benzene rings is 2. The smallest absolute Gasteiger partial charge is 0.345 e. The highest BCUT2D eigenvalue weighted by molar-refractivity contribution is 7.99. The molecule has 0 aliphatic heterocycles. The Balaban J connectivity index is 1.65. The van der Waals surface area contributed by atoms with Gasteiger partial charge in [-0.3, -0.25) is 0 Å². The predicted molar refractivity (Wildman–Crippen MR) is 129 cm³/mol. The topological polar surface area (TPSA) is 106 Å². The Morgan fingerprint density at radius 2 is 2.00 bits per heavy atom. The van der Waals surface area contributed by atoms with Gasteiger partial charge in [0.1, 0.15) is 17.2 Å². The summed E-state index contributed by atoms with van der Waals surface area (Å²) >= 11 is 1.30. The fraction of sp³-hybridized carbons (Fsp3) is 0.250.